The molecule has 0 radical (unpaired) electrons. The molecule has 1 saturated heterocycles. The number of nitrogens with zero attached hydrogens (tertiary/aromatic N) is 2. The van der Waals surface area contributed by atoms with Crippen LogP contribution in [-0.4, -0.2) is 26.6 Å². The summed E-state index contributed by atoms with van der Waals surface area (Å²) in [6.45, 7) is 1.88. The third kappa shape index (κ3) is 3.46. The summed E-state index contributed by atoms with van der Waals surface area (Å²) in [6, 6.07) is 20.8. The molecule has 1 aliphatic rings. The molecule has 178 valence electrons. The molecule has 3 amide bonds. The SMILES string of the molecule is Cc1ccc2cc(-c3ccc([C@@]4(Cn5cc6ccc(F)cc6c5O)NC(=O)NC4=O)cc3)ccc2n1. The van der Waals surface area contributed by atoms with Crippen molar-refractivity contribution in [3.63, 3.8) is 0 Å². The first-order valence-corrected chi connectivity index (χ1v) is 11.4. The van der Waals surface area contributed by atoms with Crippen molar-refractivity contribution >= 4 is 33.6 Å². The number of imide groups is 1. The molecule has 8 heteroatoms. The molecule has 0 unspecified atom stereocenters. The summed E-state index contributed by atoms with van der Waals surface area (Å²) in [6.07, 6.45) is 1.63. The highest BCUT2D eigenvalue weighted by atomic mass is 19.1. The summed E-state index contributed by atoms with van der Waals surface area (Å²) in [4.78, 5) is 29.8. The fraction of sp³-hybridized carbons (Fsp3) is 0.107. The van der Waals surface area contributed by atoms with Gasteiger partial charge >= 0.3 is 6.03 Å². The van der Waals surface area contributed by atoms with Crippen molar-refractivity contribution in [2.75, 3.05) is 0 Å². The van der Waals surface area contributed by atoms with Crippen LogP contribution in [0.25, 0.3) is 32.8 Å². The minimum absolute atomic E-state index is 0.0763. The molecular formula is C28H21FN4O3. The Morgan fingerprint density at radius 2 is 1.69 bits per heavy atom. The first-order valence-electron chi connectivity index (χ1n) is 11.4. The average Bonchev–Trinajstić information content (AvgIpc) is 3.33. The number of pyridine rings is 1. The lowest BCUT2D eigenvalue weighted by Crippen LogP contribution is -2.47. The molecule has 0 saturated carbocycles. The molecule has 0 spiro atoms. The number of aryl methyl sites for hydroxylation is 1. The molecule has 5 aromatic rings. The minimum Gasteiger partial charge on any atom is -0.494 e. The predicted octanol–water partition coefficient (Wildman–Crippen LogP) is 4.74. The third-order valence-corrected chi connectivity index (χ3v) is 6.71. The number of benzene rings is 3. The number of fused-ring (bicyclic) bond motifs is 2. The van der Waals surface area contributed by atoms with Gasteiger partial charge in [0.1, 0.15) is 5.82 Å². The summed E-state index contributed by atoms with van der Waals surface area (Å²) in [5.41, 5.74) is 2.89. The predicted molar refractivity (Wildman–Crippen MR) is 134 cm³/mol. The maximum atomic E-state index is 13.7. The van der Waals surface area contributed by atoms with E-state index in [1.807, 2.05) is 43.3 Å². The van der Waals surface area contributed by atoms with Crippen molar-refractivity contribution < 1.29 is 19.1 Å². The Bertz CT molecular complexity index is 1690. The zero-order valence-corrected chi connectivity index (χ0v) is 19.2. The third-order valence-electron chi connectivity index (χ3n) is 6.71. The maximum Gasteiger partial charge on any atom is 0.322 e. The molecule has 0 bridgehead atoms. The van der Waals surface area contributed by atoms with Gasteiger partial charge in [0.2, 0.25) is 0 Å². The number of aromatic hydroxyl groups is 1. The lowest BCUT2D eigenvalue weighted by Gasteiger charge is -2.27. The Kier molecular flexibility index (Phi) is 4.79. The number of carbonyl (C=O) groups is 2. The fourth-order valence-corrected chi connectivity index (χ4v) is 4.85. The van der Waals surface area contributed by atoms with Gasteiger partial charge in [-0.3, -0.25) is 15.1 Å². The summed E-state index contributed by atoms with van der Waals surface area (Å²) in [5.74, 6) is -1.20. The van der Waals surface area contributed by atoms with E-state index in [1.165, 1.54) is 16.7 Å². The van der Waals surface area contributed by atoms with Crippen molar-refractivity contribution in [3.05, 3.63) is 96.1 Å². The van der Waals surface area contributed by atoms with E-state index in [-0.39, 0.29) is 12.4 Å². The van der Waals surface area contributed by atoms with Crippen molar-refractivity contribution in [2.45, 2.75) is 19.0 Å². The topological polar surface area (TPSA) is 96.2 Å². The average molecular weight is 480 g/mol. The highest BCUT2D eigenvalue weighted by Crippen LogP contribution is 2.34. The molecule has 0 aliphatic carbocycles. The lowest BCUT2D eigenvalue weighted by atomic mass is 9.88. The van der Waals surface area contributed by atoms with Crippen LogP contribution in [0.4, 0.5) is 9.18 Å². The monoisotopic (exact) mass is 480 g/mol. The van der Waals surface area contributed by atoms with E-state index in [4.69, 9.17) is 0 Å². The second kappa shape index (κ2) is 7.91. The van der Waals surface area contributed by atoms with Crippen LogP contribution < -0.4 is 10.6 Å². The Labute approximate surface area is 205 Å². The molecule has 2 aromatic heterocycles. The van der Waals surface area contributed by atoms with Crippen molar-refractivity contribution in [1.29, 1.82) is 0 Å². The zero-order valence-electron chi connectivity index (χ0n) is 19.2. The summed E-state index contributed by atoms with van der Waals surface area (Å²) in [7, 11) is 0. The van der Waals surface area contributed by atoms with E-state index in [0.717, 1.165) is 27.7 Å². The Morgan fingerprint density at radius 3 is 2.44 bits per heavy atom. The first kappa shape index (κ1) is 21.8. The van der Waals surface area contributed by atoms with E-state index >= 15 is 0 Å². The van der Waals surface area contributed by atoms with Gasteiger partial charge in [0, 0.05) is 28.0 Å². The fourth-order valence-electron chi connectivity index (χ4n) is 4.85. The van der Waals surface area contributed by atoms with Crippen LogP contribution >= 0.6 is 0 Å². The van der Waals surface area contributed by atoms with Gasteiger partial charge in [-0.2, -0.15) is 0 Å². The molecule has 6 rings (SSSR count). The Hall–Kier alpha value is -4.72. The number of nitrogens with one attached hydrogen (secondary N) is 2. The number of aromatic nitrogens is 2. The summed E-state index contributed by atoms with van der Waals surface area (Å²) in [5, 5.41) is 17.7. The maximum absolute atomic E-state index is 13.7. The number of hydrogen-bond acceptors (Lipinski definition) is 4. The van der Waals surface area contributed by atoms with Crippen LogP contribution in [0.1, 0.15) is 11.3 Å². The Balaban J connectivity index is 1.39. The van der Waals surface area contributed by atoms with Gasteiger partial charge in [0.25, 0.3) is 5.91 Å². The van der Waals surface area contributed by atoms with Crippen LogP contribution in [0, 0.1) is 12.7 Å². The summed E-state index contributed by atoms with van der Waals surface area (Å²) >= 11 is 0. The van der Waals surface area contributed by atoms with Gasteiger partial charge in [0.05, 0.1) is 12.1 Å². The van der Waals surface area contributed by atoms with Crippen LogP contribution in [0.2, 0.25) is 0 Å². The minimum atomic E-state index is -1.45. The zero-order chi connectivity index (χ0) is 25.0. The standard InChI is InChI=1S/C28H21FN4O3/c1-16-2-3-19-12-18(7-11-24(19)30-16)17-4-8-21(9-5-17)28(26(35)31-27(36)32-28)15-33-14-20-6-10-22(29)13-23(20)25(33)34/h2-14,34H,15H2,1H3,(H2,31,32,35,36)/t28-/m1/s1. The van der Waals surface area contributed by atoms with E-state index < -0.39 is 23.3 Å². The van der Waals surface area contributed by atoms with Gasteiger partial charge in [-0.05, 0) is 60.0 Å². The number of carbonyl (C=O) groups excluding carboxylic acids is 2. The molecule has 1 fully saturated rings. The van der Waals surface area contributed by atoms with Crippen LogP contribution in [-0.2, 0) is 16.9 Å². The number of rotatable bonds is 4. The van der Waals surface area contributed by atoms with Crippen molar-refractivity contribution in [1.82, 2.24) is 20.2 Å². The van der Waals surface area contributed by atoms with Crippen LogP contribution in [0.15, 0.2) is 79.0 Å². The number of amides is 3. The smallest absolute Gasteiger partial charge is 0.322 e. The van der Waals surface area contributed by atoms with Gasteiger partial charge in [-0.25, -0.2) is 9.18 Å². The molecule has 1 aliphatic heterocycles. The quantitative estimate of drug-likeness (QED) is 0.324. The highest BCUT2D eigenvalue weighted by Gasteiger charge is 2.48. The second-order valence-corrected chi connectivity index (χ2v) is 9.06. The molecule has 36 heavy (non-hydrogen) atoms. The Morgan fingerprint density at radius 1 is 0.944 bits per heavy atom. The molecule has 3 N–H and O–H groups in total. The van der Waals surface area contributed by atoms with Gasteiger partial charge in [-0.1, -0.05) is 36.4 Å². The molecular weight excluding hydrogens is 459 g/mol. The van der Waals surface area contributed by atoms with Gasteiger partial charge in [-0.15, -0.1) is 0 Å². The largest absolute Gasteiger partial charge is 0.494 e. The van der Waals surface area contributed by atoms with Gasteiger partial charge in [0.15, 0.2) is 11.4 Å². The van der Waals surface area contributed by atoms with Crippen LogP contribution in [0.5, 0.6) is 5.88 Å². The molecule has 7 nitrogen and oxygen atoms in total. The number of halogens is 1. The molecule has 3 heterocycles. The van der Waals surface area contributed by atoms with E-state index in [9.17, 15) is 19.1 Å². The van der Waals surface area contributed by atoms with Crippen molar-refractivity contribution in [2.24, 2.45) is 0 Å². The van der Waals surface area contributed by atoms with E-state index in [1.54, 1.807) is 24.4 Å². The van der Waals surface area contributed by atoms with E-state index in [2.05, 4.69) is 21.7 Å². The second-order valence-electron chi connectivity index (χ2n) is 9.06. The van der Waals surface area contributed by atoms with Gasteiger partial charge < -0.3 is 15.0 Å². The van der Waals surface area contributed by atoms with Crippen molar-refractivity contribution in [3.8, 4) is 17.0 Å². The molecule has 1 atom stereocenters. The van der Waals surface area contributed by atoms with E-state index in [0.29, 0.717) is 16.3 Å². The molecule has 3 aromatic carbocycles. The lowest BCUT2D eigenvalue weighted by molar-refractivity contribution is -0.124. The number of urea groups is 1. The highest BCUT2D eigenvalue weighted by molar-refractivity contribution is 6.07. The first-order chi connectivity index (χ1) is 17.3. The normalized spacial score (nSPS) is 17.5. The summed E-state index contributed by atoms with van der Waals surface area (Å²) < 4.78 is 15.2. The number of hydrogen-bond donors (Lipinski definition) is 3. The van der Waals surface area contributed by atoms with Crippen LogP contribution in [0.3, 0.4) is 0 Å².